The largest absolute Gasteiger partial charge is 0.379 e. The highest BCUT2D eigenvalue weighted by atomic mass is 32.2. The highest BCUT2D eigenvalue weighted by Gasteiger charge is 2.27. The Balaban J connectivity index is 1.57. The van der Waals surface area contributed by atoms with E-state index in [0.717, 1.165) is 62.9 Å². The highest BCUT2D eigenvalue weighted by molar-refractivity contribution is 7.99. The van der Waals surface area contributed by atoms with E-state index in [-0.39, 0.29) is 12.1 Å². The van der Waals surface area contributed by atoms with Crippen molar-refractivity contribution in [2.45, 2.75) is 19.0 Å². The summed E-state index contributed by atoms with van der Waals surface area (Å²) in [5.74, 6) is 2.16. The van der Waals surface area contributed by atoms with Gasteiger partial charge in [0.15, 0.2) is 0 Å². The predicted octanol–water partition coefficient (Wildman–Crippen LogP) is 2.04. The Labute approximate surface area is 148 Å². The van der Waals surface area contributed by atoms with Crippen LogP contribution >= 0.6 is 11.8 Å². The van der Waals surface area contributed by atoms with Crippen LogP contribution in [-0.2, 0) is 11.3 Å². The average Bonchev–Trinajstić information content (AvgIpc) is 2.87. The molecule has 0 aromatic heterocycles. The molecule has 1 aromatic carbocycles. The SMILES string of the molecule is O=C(NCc1ccccc1)N1CCCSC[C@@H]1CN1CCOCC1. The maximum absolute atomic E-state index is 12.7. The topological polar surface area (TPSA) is 44.8 Å². The fraction of sp³-hybridized carbons (Fsp3) is 0.611. The van der Waals surface area contributed by atoms with Gasteiger partial charge in [0.1, 0.15) is 0 Å². The minimum atomic E-state index is 0.0691. The molecule has 2 aliphatic heterocycles. The molecule has 5 nitrogen and oxygen atoms in total. The molecule has 6 heteroatoms. The number of carbonyl (C=O) groups is 1. The summed E-state index contributed by atoms with van der Waals surface area (Å²) in [4.78, 5) is 17.2. The zero-order valence-electron chi connectivity index (χ0n) is 14.2. The van der Waals surface area contributed by atoms with Crippen LogP contribution in [0.4, 0.5) is 4.79 Å². The average molecular weight is 350 g/mol. The number of nitrogens with one attached hydrogen (secondary N) is 1. The number of morpholine rings is 1. The normalized spacial score (nSPS) is 22.8. The minimum Gasteiger partial charge on any atom is -0.379 e. The molecule has 0 bridgehead atoms. The number of hydrogen-bond acceptors (Lipinski definition) is 4. The third-order valence-corrected chi connectivity index (χ3v) is 5.76. The summed E-state index contributed by atoms with van der Waals surface area (Å²) in [6, 6.07) is 10.4. The van der Waals surface area contributed by atoms with E-state index in [9.17, 15) is 4.79 Å². The molecule has 3 rings (SSSR count). The molecule has 0 radical (unpaired) electrons. The standard InChI is InChI=1S/C18H27N3O2S/c22-18(19-13-16-5-2-1-3-6-16)21-7-4-12-24-15-17(21)14-20-8-10-23-11-9-20/h1-3,5-6,17H,4,7-15H2,(H,19,22)/t17-/m0/s1. The van der Waals surface area contributed by atoms with Gasteiger partial charge in [-0.2, -0.15) is 11.8 Å². The van der Waals surface area contributed by atoms with Gasteiger partial charge in [-0.1, -0.05) is 30.3 Å². The van der Waals surface area contributed by atoms with Crippen LogP contribution in [0.2, 0.25) is 0 Å². The van der Waals surface area contributed by atoms with Gasteiger partial charge >= 0.3 is 6.03 Å². The van der Waals surface area contributed by atoms with Gasteiger partial charge in [-0.25, -0.2) is 4.79 Å². The summed E-state index contributed by atoms with van der Waals surface area (Å²) in [5.41, 5.74) is 1.14. The molecule has 132 valence electrons. The summed E-state index contributed by atoms with van der Waals surface area (Å²) in [5, 5.41) is 3.10. The smallest absolute Gasteiger partial charge is 0.317 e. The van der Waals surface area contributed by atoms with Gasteiger partial charge in [-0.05, 0) is 17.7 Å². The van der Waals surface area contributed by atoms with Gasteiger partial charge in [0.05, 0.1) is 19.3 Å². The lowest BCUT2D eigenvalue weighted by molar-refractivity contribution is 0.0283. The van der Waals surface area contributed by atoms with Crippen molar-refractivity contribution in [3.05, 3.63) is 35.9 Å². The Kier molecular flexibility index (Phi) is 6.81. The second kappa shape index (κ2) is 9.30. The molecule has 0 unspecified atom stereocenters. The lowest BCUT2D eigenvalue weighted by atomic mass is 10.2. The van der Waals surface area contributed by atoms with Gasteiger partial charge in [-0.15, -0.1) is 0 Å². The molecule has 2 fully saturated rings. The van der Waals surface area contributed by atoms with Crippen LogP contribution < -0.4 is 5.32 Å². The zero-order valence-corrected chi connectivity index (χ0v) is 15.0. The van der Waals surface area contributed by atoms with Crippen molar-refractivity contribution in [1.82, 2.24) is 15.1 Å². The molecule has 1 aromatic rings. The highest BCUT2D eigenvalue weighted by Crippen LogP contribution is 2.18. The van der Waals surface area contributed by atoms with Gasteiger partial charge in [0, 0.05) is 38.5 Å². The molecule has 0 saturated carbocycles. The van der Waals surface area contributed by atoms with Crippen molar-refractivity contribution in [2.75, 3.05) is 50.9 Å². The number of nitrogens with zero attached hydrogens (tertiary/aromatic N) is 2. The van der Waals surface area contributed by atoms with Crippen LogP contribution in [-0.4, -0.2) is 72.8 Å². The summed E-state index contributed by atoms with van der Waals surface area (Å²) in [7, 11) is 0. The summed E-state index contributed by atoms with van der Waals surface area (Å²) < 4.78 is 5.44. The van der Waals surface area contributed by atoms with Crippen molar-refractivity contribution < 1.29 is 9.53 Å². The first-order chi connectivity index (χ1) is 11.8. The fourth-order valence-corrected chi connectivity index (χ4v) is 4.26. The van der Waals surface area contributed by atoms with E-state index in [1.165, 1.54) is 0 Å². The molecule has 1 atom stereocenters. The van der Waals surface area contributed by atoms with Crippen molar-refractivity contribution in [3.63, 3.8) is 0 Å². The summed E-state index contributed by atoms with van der Waals surface area (Å²) >= 11 is 1.97. The Morgan fingerprint density at radius 2 is 2.00 bits per heavy atom. The van der Waals surface area contributed by atoms with Crippen molar-refractivity contribution >= 4 is 17.8 Å². The maximum atomic E-state index is 12.7. The zero-order chi connectivity index (χ0) is 16.6. The molecule has 2 aliphatic rings. The lowest BCUT2D eigenvalue weighted by Crippen LogP contribution is -2.52. The number of benzene rings is 1. The second-order valence-electron chi connectivity index (χ2n) is 6.33. The van der Waals surface area contributed by atoms with Crippen LogP contribution in [0.5, 0.6) is 0 Å². The van der Waals surface area contributed by atoms with Gasteiger partial charge in [0.25, 0.3) is 0 Å². The number of hydrogen-bond donors (Lipinski definition) is 1. The van der Waals surface area contributed by atoms with Crippen molar-refractivity contribution in [3.8, 4) is 0 Å². The van der Waals surface area contributed by atoms with E-state index < -0.39 is 0 Å². The number of ether oxygens (including phenoxy) is 1. The monoisotopic (exact) mass is 349 g/mol. The second-order valence-corrected chi connectivity index (χ2v) is 7.48. The number of amides is 2. The minimum absolute atomic E-state index is 0.0691. The molecule has 0 aliphatic carbocycles. The number of urea groups is 1. The predicted molar refractivity (Wildman–Crippen MR) is 98.4 cm³/mol. The molecule has 24 heavy (non-hydrogen) atoms. The van der Waals surface area contributed by atoms with E-state index in [0.29, 0.717) is 6.54 Å². The van der Waals surface area contributed by atoms with E-state index in [4.69, 9.17) is 4.74 Å². The number of thioether (sulfide) groups is 1. The fourth-order valence-electron chi connectivity index (χ4n) is 3.20. The molecule has 2 heterocycles. The van der Waals surface area contributed by atoms with Gasteiger partial charge in [-0.3, -0.25) is 4.90 Å². The van der Waals surface area contributed by atoms with Crippen LogP contribution in [0.15, 0.2) is 30.3 Å². The van der Waals surface area contributed by atoms with E-state index in [2.05, 4.69) is 15.1 Å². The molecule has 1 N–H and O–H groups in total. The lowest BCUT2D eigenvalue weighted by Gasteiger charge is -2.35. The van der Waals surface area contributed by atoms with Crippen molar-refractivity contribution in [1.29, 1.82) is 0 Å². The van der Waals surface area contributed by atoms with Gasteiger partial charge < -0.3 is 15.0 Å². The Bertz CT molecular complexity index is 508. The first kappa shape index (κ1) is 17.6. The molecular weight excluding hydrogens is 322 g/mol. The number of rotatable bonds is 4. The molecule has 2 saturated heterocycles. The Morgan fingerprint density at radius 1 is 1.21 bits per heavy atom. The van der Waals surface area contributed by atoms with E-state index >= 15 is 0 Å². The van der Waals surface area contributed by atoms with E-state index in [1.807, 2.05) is 42.1 Å². The molecule has 0 spiro atoms. The van der Waals surface area contributed by atoms with Crippen LogP contribution in [0, 0.1) is 0 Å². The van der Waals surface area contributed by atoms with Crippen molar-refractivity contribution in [2.24, 2.45) is 0 Å². The summed E-state index contributed by atoms with van der Waals surface area (Å²) in [6.45, 7) is 5.95. The molecule has 2 amide bonds. The number of carbonyl (C=O) groups excluding carboxylic acids is 1. The van der Waals surface area contributed by atoms with Crippen LogP contribution in [0.25, 0.3) is 0 Å². The first-order valence-electron chi connectivity index (χ1n) is 8.79. The Hall–Kier alpha value is -1.24. The summed E-state index contributed by atoms with van der Waals surface area (Å²) in [6.07, 6.45) is 1.07. The quantitative estimate of drug-likeness (QED) is 0.903. The van der Waals surface area contributed by atoms with Crippen LogP contribution in [0.1, 0.15) is 12.0 Å². The van der Waals surface area contributed by atoms with Gasteiger partial charge in [0.2, 0.25) is 0 Å². The Morgan fingerprint density at radius 3 is 2.79 bits per heavy atom. The molecular formula is C18H27N3O2S. The van der Waals surface area contributed by atoms with E-state index in [1.54, 1.807) is 0 Å². The third-order valence-electron chi connectivity index (χ3n) is 4.56. The first-order valence-corrected chi connectivity index (χ1v) is 9.94. The van der Waals surface area contributed by atoms with Crippen LogP contribution in [0.3, 0.4) is 0 Å². The maximum Gasteiger partial charge on any atom is 0.317 e. The third kappa shape index (κ3) is 5.13.